The summed E-state index contributed by atoms with van der Waals surface area (Å²) in [5, 5.41) is 11.8. The van der Waals surface area contributed by atoms with Gasteiger partial charge in [-0.15, -0.1) is 0 Å². The molecule has 2 aromatic carbocycles. The molecule has 0 saturated carbocycles. The predicted molar refractivity (Wildman–Crippen MR) is 72.3 cm³/mol. The Kier molecular flexibility index (Phi) is 8.71. The zero-order valence-corrected chi connectivity index (χ0v) is 18.8. The second-order valence-corrected chi connectivity index (χ2v) is 7.10. The zero-order valence-electron chi connectivity index (χ0n) is 13.1. The Labute approximate surface area is 183 Å². The van der Waals surface area contributed by atoms with Crippen LogP contribution in [0.5, 0.6) is 11.5 Å². The first kappa shape index (κ1) is 24.1. The van der Waals surface area contributed by atoms with Gasteiger partial charge in [-0.2, -0.15) is 8.42 Å². The van der Waals surface area contributed by atoms with E-state index < -0.39 is 35.8 Å². The molecule has 0 fully saturated rings. The molecule has 12 heteroatoms. The van der Waals surface area contributed by atoms with E-state index in [9.17, 15) is 26.5 Å². The van der Waals surface area contributed by atoms with Gasteiger partial charge in [-0.1, -0.05) is 11.8 Å². The third-order valence-electron chi connectivity index (χ3n) is 2.81. The molecule has 0 aliphatic carbocycles. The Morgan fingerprint density at radius 1 is 1.04 bits per heavy atom. The third kappa shape index (κ3) is 5.31. The summed E-state index contributed by atoms with van der Waals surface area (Å²) in [6, 6.07) is 3.34. The van der Waals surface area contributed by atoms with Crippen LogP contribution in [0.15, 0.2) is 34.1 Å². The number of fused-ring (bicyclic) bond motifs is 1. The van der Waals surface area contributed by atoms with E-state index in [4.69, 9.17) is 9.29 Å². The Bertz CT molecular complexity index is 949. The quantitative estimate of drug-likeness (QED) is 0.401. The van der Waals surface area contributed by atoms with Crippen LogP contribution >= 0.6 is 0 Å². The molecule has 0 unspecified atom stereocenters. The Morgan fingerprint density at radius 3 is 2.04 bits per heavy atom. The summed E-state index contributed by atoms with van der Waals surface area (Å²) < 4.78 is 69.8. The van der Waals surface area contributed by atoms with Gasteiger partial charge in [-0.3, -0.25) is 4.55 Å². The summed E-state index contributed by atoms with van der Waals surface area (Å²) in [5.41, 5.74) is 0. The second kappa shape index (κ2) is 8.67. The first-order chi connectivity index (χ1) is 10.0. The van der Waals surface area contributed by atoms with Crippen LogP contribution in [0, 0.1) is 0 Å². The number of ether oxygens (including phenoxy) is 1. The van der Waals surface area contributed by atoms with Crippen LogP contribution in [-0.2, 0) is 20.2 Å². The summed E-state index contributed by atoms with van der Waals surface area (Å²) in [6.07, 6.45) is 0. The van der Waals surface area contributed by atoms with Crippen LogP contribution in [-0.4, -0.2) is 32.5 Å². The van der Waals surface area contributed by atoms with E-state index >= 15 is 0 Å². The molecule has 0 atom stereocenters. The van der Waals surface area contributed by atoms with Crippen LogP contribution in [0.1, 0.15) is 6.92 Å². The van der Waals surface area contributed by atoms with Crippen molar-refractivity contribution in [3.8, 4) is 11.5 Å². The molecule has 0 aliphatic rings. The van der Waals surface area contributed by atoms with Crippen molar-refractivity contribution in [3.63, 3.8) is 0 Å². The number of rotatable bonds is 4. The summed E-state index contributed by atoms with van der Waals surface area (Å²) >= 11 is 0. The van der Waals surface area contributed by atoms with Gasteiger partial charge < -0.3 is 14.4 Å². The smallest absolute Gasteiger partial charge is 0.872 e. The Morgan fingerprint density at radius 2 is 1.58 bits per heavy atom. The van der Waals surface area contributed by atoms with Gasteiger partial charge in [0.15, 0.2) is 0 Å². The largest absolute Gasteiger partial charge is 1.00 e. The SMILES string of the molecule is CCOc1cc(S(=O)(=O)O)cc2cc(S(=O)(=O)[O-])cc([O-])c12.[Na+].[Na+]. The Hall–Kier alpha value is 0.120. The standard InChI is InChI=1S/C12H12O8S2.2Na/c1-2-20-11-6-9(22(17,18)19)4-7-3-8(21(14,15)16)5-10(13)12(7)11;;/h3-6,13H,2H2,1H3,(H,14,15,16)(H,17,18,19);;/q;2*+1/p-2. The molecule has 0 amide bonds. The summed E-state index contributed by atoms with van der Waals surface area (Å²) in [5.74, 6) is -0.940. The van der Waals surface area contributed by atoms with E-state index in [1.165, 1.54) is 0 Å². The monoisotopic (exact) mass is 392 g/mol. The molecule has 0 radical (unpaired) electrons. The maximum absolute atomic E-state index is 12.0. The fourth-order valence-electron chi connectivity index (χ4n) is 1.95. The maximum Gasteiger partial charge on any atom is 1.00 e. The predicted octanol–water partition coefficient (Wildman–Crippen LogP) is -5.53. The molecule has 2 rings (SSSR count). The fourth-order valence-corrected chi connectivity index (χ4v) is 3.00. The second-order valence-electron chi connectivity index (χ2n) is 4.30. The van der Waals surface area contributed by atoms with E-state index in [1.54, 1.807) is 6.92 Å². The fraction of sp³-hybridized carbons (Fsp3) is 0.167. The summed E-state index contributed by atoms with van der Waals surface area (Å²) in [4.78, 5) is -1.37. The minimum absolute atomic E-state index is 0. The number of hydrogen-bond donors (Lipinski definition) is 1. The van der Waals surface area contributed by atoms with E-state index in [0.717, 1.165) is 18.2 Å². The minimum Gasteiger partial charge on any atom is -0.872 e. The average molecular weight is 392 g/mol. The van der Waals surface area contributed by atoms with Crippen molar-refractivity contribution in [2.75, 3.05) is 6.61 Å². The van der Waals surface area contributed by atoms with Crippen LogP contribution in [0.3, 0.4) is 0 Å². The van der Waals surface area contributed by atoms with Gasteiger partial charge in [0.1, 0.15) is 15.9 Å². The van der Waals surface area contributed by atoms with Crippen LogP contribution in [0.4, 0.5) is 0 Å². The molecule has 0 heterocycles. The minimum atomic E-state index is -4.89. The number of benzene rings is 2. The van der Waals surface area contributed by atoms with Crippen LogP contribution < -0.4 is 69.0 Å². The average Bonchev–Trinajstić information content (AvgIpc) is 2.36. The molecule has 0 saturated heterocycles. The molecule has 0 spiro atoms. The van der Waals surface area contributed by atoms with E-state index in [0.29, 0.717) is 6.07 Å². The van der Waals surface area contributed by atoms with E-state index in [2.05, 4.69) is 0 Å². The van der Waals surface area contributed by atoms with Crippen LogP contribution in [0.2, 0.25) is 0 Å². The molecule has 0 aliphatic heterocycles. The van der Waals surface area contributed by atoms with Crippen molar-refractivity contribution in [2.45, 2.75) is 16.7 Å². The molecular formula is C12H10Na2O8S2. The summed E-state index contributed by atoms with van der Waals surface area (Å²) in [7, 11) is -9.50. The molecule has 24 heavy (non-hydrogen) atoms. The van der Waals surface area contributed by atoms with Gasteiger partial charge in [0.25, 0.3) is 10.1 Å². The topological polar surface area (TPSA) is 144 Å². The zero-order chi connectivity index (χ0) is 16.7. The van der Waals surface area contributed by atoms with Crippen molar-refractivity contribution in [2.24, 2.45) is 0 Å². The van der Waals surface area contributed by atoms with Gasteiger partial charge in [0.2, 0.25) is 0 Å². The molecule has 120 valence electrons. The van der Waals surface area contributed by atoms with Gasteiger partial charge in [0, 0.05) is 11.5 Å². The molecular weight excluding hydrogens is 382 g/mol. The first-order valence-electron chi connectivity index (χ1n) is 5.89. The van der Waals surface area contributed by atoms with E-state index in [-0.39, 0.29) is 82.2 Å². The summed E-state index contributed by atoms with van der Waals surface area (Å²) in [6.45, 7) is 1.69. The molecule has 0 aromatic heterocycles. The van der Waals surface area contributed by atoms with Crippen LogP contribution in [0.25, 0.3) is 10.8 Å². The van der Waals surface area contributed by atoms with Gasteiger partial charge in [-0.05, 0) is 24.4 Å². The molecule has 2 aromatic rings. The molecule has 8 nitrogen and oxygen atoms in total. The first-order valence-corrected chi connectivity index (χ1v) is 8.74. The molecule has 1 N–H and O–H groups in total. The van der Waals surface area contributed by atoms with Crippen molar-refractivity contribution in [1.82, 2.24) is 0 Å². The van der Waals surface area contributed by atoms with Gasteiger partial charge >= 0.3 is 59.1 Å². The normalized spacial score (nSPS) is 11.5. The number of hydrogen-bond acceptors (Lipinski definition) is 7. The van der Waals surface area contributed by atoms with Crippen molar-refractivity contribution in [3.05, 3.63) is 24.3 Å². The third-order valence-corrected chi connectivity index (χ3v) is 4.45. The van der Waals surface area contributed by atoms with E-state index in [1.807, 2.05) is 0 Å². The Balaban J connectivity index is 0.00000264. The van der Waals surface area contributed by atoms with Crippen molar-refractivity contribution >= 4 is 31.0 Å². The van der Waals surface area contributed by atoms with Crippen molar-refractivity contribution < 1.29 is 94.9 Å². The molecule has 0 bridgehead atoms. The van der Waals surface area contributed by atoms with Gasteiger partial charge in [-0.25, -0.2) is 8.42 Å². The maximum atomic E-state index is 12.0. The van der Waals surface area contributed by atoms with Crippen molar-refractivity contribution in [1.29, 1.82) is 0 Å². The van der Waals surface area contributed by atoms with Gasteiger partial charge in [0.05, 0.1) is 16.4 Å².